The van der Waals surface area contributed by atoms with Crippen LogP contribution in [0.15, 0.2) is 5.11 Å². The van der Waals surface area contributed by atoms with Crippen LogP contribution in [0.5, 0.6) is 0 Å². The van der Waals surface area contributed by atoms with Crippen molar-refractivity contribution in [2.75, 3.05) is 6.61 Å². The van der Waals surface area contributed by atoms with Crippen LogP contribution < -0.4 is 0 Å². The molecule has 1 saturated heterocycles. The summed E-state index contributed by atoms with van der Waals surface area (Å²) in [7, 11) is 0. The van der Waals surface area contributed by atoms with Gasteiger partial charge in [-0.3, -0.25) is 19.2 Å². The zero-order chi connectivity index (χ0) is 19.9. The number of ether oxygens (including phenoxy) is 4. The number of rotatable bonds is 7. The Balaban J connectivity index is 3.28. The molecule has 14 heteroatoms. The average Bonchev–Trinajstić information content (AvgIpc) is 2.49. The average molecular weight is 376 g/mol. The largest absolute Gasteiger partial charge is 0.463 e. The molecule has 0 bridgehead atoms. The van der Waals surface area contributed by atoms with Crippen molar-refractivity contribution < 1.29 is 43.3 Å². The number of nitrogens with zero attached hydrogens (tertiary/aromatic N) is 4. The highest BCUT2D eigenvalue weighted by Crippen LogP contribution is 2.29. The van der Waals surface area contributed by atoms with Crippen molar-refractivity contribution in [1.29, 1.82) is 0 Å². The van der Waals surface area contributed by atoms with Gasteiger partial charge >= 0.3 is 17.9 Å². The minimum atomic E-state index is -1.79. The Labute approximate surface area is 146 Å². The topological polar surface area (TPSA) is 189 Å². The van der Waals surface area contributed by atoms with E-state index in [2.05, 4.69) is 14.9 Å². The molecule has 0 aromatic carbocycles. The number of carbonyl (C=O) groups excluding carboxylic acids is 3. The van der Waals surface area contributed by atoms with Gasteiger partial charge in [0, 0.05) is 25.7 Å². The molecule has 0 aromatic rings. The molecule has 1 heterocycles. The Morgan fingerprint density at radius 2 is 1.73 bits per heavy atom. The molecular formula is C12H16N4O10. The van der Waals surface area contributed by atoms with Crippen molar-refractivity contribution in [3.8, 4) is 0 Å². The van der Waals surface area contributed by atoms with E-state index in [1.165, 1.54) is 0 Å². The van der Waals surface area contributed by atoms with Crippen LogP contribution in [0.3, 0.4) is 0 Å². The number of hydrogen-bond donors (Lipinski definition) is 0. The smallest absolute Gasteiger partial charge is 0.303 e. The van der Waals surface area contributed by atoms with Crippen LogP contribution in [0, 0.1) is 10.1 Å². The summed E-state index contributed by atoms with van der Waals surface area (Å²) in [5, 5.41) is 12.8. The predicted molar refractivity (Wildman–Crippen MR) is 77.4 cm³/mol. The van der Waals surface area contributed by atoms with Gasteiger partial charge < -0.3 is 18.9 Å². The van der Waals surface area contributed by atoms with E-state index in [4.69, 9.17) is 24.5 Å². The lowest BCUT2D eigenvalue weighted by Gasteiger charge is -2.42. The molecule has 0 aromatic heterocycles. The standard InChI is InChI=1S/C12H16N4O10/c1-5(17)22-4-8-10(23-6(2)18)11(24-7(3)19)9(14-15-13)12(25-8)26-16(20)21/h8-12H,4H2,1-3H3/t8-,9?,10+,11-,12?/m1/s1. The number of carbonyl (C=O) groups is 3. The van der Waals surface area contributed by atoms with Crippen LogP contribution in [-0.4, -0.2) is 60.2 Å². The van der Waals surface area contributed by atoms with Gasteiger partial charge in [0.25, 0.3) is 5.09 Å². The van der Waals surface area contributed by atoms with E-state index in [9.17, 15) is 24.5 Å². The summed E-state index contributed by atoms with van der Waals surface area (Å²) in [5.74, 6) is -2.36. The minimum Gasteiger partial charge on any atom is -0.463 e. The van der Waals surface area contributed by atoms with Gasteiger partial charge in [0.05, 0.1) is 0 Å². The fraction of sp³-hybridized carbons (Fsp3) is 0.750. The zero-order valence-electron chi connectivity index (χ0n) is 14.0. The Bertz CT molecular complexity index is 619. The quantitative estimate of drug-likeness (QED) is 0.111. The van der Waals surface area contributed by atoms with Crippen molar-refractivity contribution in [3.05, 3.63) is 20.6 Å². The number of esters is 3. The maximum absolute atomic E-state index is 11.4. The fourth-order valence-electron chi connectivity index (χ4n) is 2.24. The summed E-state index contributed by atoms with van der Waals surface area (Å²) in [5.41, 5.74) is 8.69. The first-order valence-corrected chi connectivity index (χ1v) is 7.14. The van der Waals surface area contributed by atoms with Crippen molar-refractivity contribution in [3.63, 3.8) is 0 Å². The minimum absolute atomic E-state index is 0.494. The van der Waals surface area contributed by atoms with Crippen molar-refractivity contribution >= 4 is 17.9 Å². The van der Waals surface area contributed by atoms with Gasteiger partial charge in [0.1, 0.15) is 18.8 Å². The highest BCUT2D eigenvalue weighted by molar-refractivity contribution is 5.68. The van der Waals surface area contributed by atoms with Crippen molar-refractivity contribution in [2.45, 2.75) is 51.4 Å². The van der Waals surface area contributed by atoms with Gasteiger partial charge in [-0.15, -0.1) is 10.1 Å². The Hall–Kier alpha value is -3.12. The van der Waals surface area contributed by atoms with Gasteiger partial charge in [-0.2, -0.15) is 0 Å². The van der Waals surface area contributed by atoms with E-state index in [-0.39, 0.29) is 0 Å². The lowest BCUT2D eigenvalue weighted by Crippen LogP contribution is -2.61. The number of azide groups is 1. The summed E-state index contributed by atoms with van der Waals surface area (Å²) >= 11 is 0. The molecule has 0 amide bonds. The van der Waals surface area contributed by atoms with E-state index < -0.39 is 60.2 Å². The summed E-state index contributed by atoms with van der Waals surface area (Å²) < 4.78 is 20.1. The third-order valence-corrected chi connectivity index (χ3v) is 3.04. The van der Waals surface area contributed by atoms with Gasteiger partial charge in [-0.1, -0.05) is 5.11 Å². The molecule has 1 aliphatic heterocycles. The van der Waals surface area contributed by atoms with Gasteiger partial charge in [-0.25, -0.2) is 0 Å². The van der Waals surface area contributed by atoms with Crippen LogP contribution in [0.25, 0.3) is 10.4 Å². The van der Waals surface area contributed by atoms with E-state index in [0.29, 0.717) is 0 Å². The third-order valence-electron chi connectivity index (χ3n) is 3.04. The summed E-state index contributed by atoms with van der Waals surface area (Å²) in [6.45, 7) is 2.68. The van der Waals surface area contributed by atoms with Crippen LogP contribution >= 0.6 is 0 Å². The molecule has 0 N–H and O–H groups in total. The zero-order valence-corrected chi connectivity index (χ0v) is 14.0. The maximum atomic E-state index is 11.4. The van der Waals surface area contributed by atoms with Crippen LogP contribution in [0.1, 0.15) is 20.8 Å². The van der Waals surface area contributed by atoms with Gasteiger partial charge in [-0.05, 0) is 5.53 Å². The molecule has 1 rings (SSSR count). The highest BCUT2D eigenvalue weighted by Gasteiger charge is 2.51. The molecule has 2 unspecified atom stereocenters. The first-order valence-electron chi connectivity index (χ1n) is 7.14. The Morgan fingerprint density at radius 1 is 1.15 bits per heavy atom. The first-order chi connectivity index (χ1) is 12.1. The highest BCUT2D eigenvalue weighted by atomic mass is 17.0. The molecule has 5 atom stereocenters. The Morgan fingerprint density at radius 3 is 2.19 bits per heavy atom. The summed E-state index contributed by atoms with van der Waals surface area (Å²) in [4.78, 5) is 51.3. The molecule has 1 aliphatic rings. The molecule has 0 spiro atoms. The molecule has 144 valence electrons. The normalized spacial score (nSPS) is 27.4. The maximum Gasteiger partial charge on any atom is 0.303 e. The second-order valence-electron chi connectivity index (χ2n) is 5.02. The van der Waals surface area contributed by atoms with Gasteiger partial charge in [0.15, 0.2) is 12.2 Å². The van der Waals surface area contributed by atoms with E-state index in [1.54, 1.807) is 0 Å². The summed E-state index contributed by atoms with van der Waals surface area (Å²) in [6.07, 6.45) is -5.94. The van der Waals surface area contributed by atoms with E-state index >= 15 is 0 Å². The van der Waals surface area contributed by atoms with E-state index in [0.717, 1.165) is 20.8 Å². The van der Waals surface area contributed by atoms with Gasteiger partial charge in [0.2, 0.25) is 6.29 Å². The van der Waals surface area contributed by atoms with Crippen LogP contribution in [0.4, 0.5) is 0 Å². The molecule has 14 nitrogen and oxygen atoms in total. The summed E-state index contributed by atoms with van der Waals surface area (Å²) in [6, 6.07) is -1.55. The SMILES string of the molecule is CC(=O)OC[C@H]1OC(O[N+](=O)[O-])C(N=[N+]=[N-])[C@@H](OC(C)=O)[C@H]1OC(C)=O. The Kier molecular flexibility index (Phi) is 7.55. The predicted octanol–water partition coefficient (Wildman–Crippen LogP) is 0.0250. The fourth-order valence-corrected chi connectivity index (χ4v) is 2.24. The second kappa shape index (κ2) is 9.39. The number of hydrogen-bond acceptors (Lipinski definition) is 11. The van der Waals surface area contributed by atoms with E-state index in [1.807, 2.05) is 0 Å². The molecule has 0 radical (unpaired) electrons. The molecule has 1 fully saturated rings. The third kappa shape index (κ3) is 6.07. The monoisotopic (exact) mass is 376 g/mol. The molecule has 0 aliphatic carbocycles. The molecule has 0 saturated carbocycles. The molecule has 26 heavy (non-hydrogen) atoms. The molecular weight excluding hydrogens is 360 g/mol. The lowest BCUT2D eigenvalue weighted by molar-refractivity contribution is -0.783. The second-order valence-corrected chi connectivity index (χ2v) is 5.02. The first kappa shape index (κ1) is 20.9. The van der Waals surface area contributed by atoms with Crippen molar-refractivity contribution in [2.24, 2.45) is 5.11 Å². The lowest BCUT2D eigenvalue weighted by atomic mass is 9.97. The van der Waals surface area contributed by atoms with Crippen LogP contribution in [-0.2, 0) is 38.2 Å². The van der Waals surface area contributed by atoms with Crippen molar-refractivity contribution in [1.82, 2.24) is 0 Å². The van der Waals surface area contributed by atoms with Crippen LogP contribution in [0.2, 0.25) is 0 Å².